The molecule has 0 aliphatic rings. The van der Waals surface area contributed by atoms with Gasteiger partial charge in [0.15, 0.2) is 0 Å². The van der Waals surface area contributed by atoms with Gasteiger partial charge in [0.05, 0.1) is 6.61 Å². The maximum absolute atomic E-state index is 9.33. The Morgan fingerprint density at radius 2 is 1.94 bits per heavy atom. The van der Waals surface area contributed by atoms with Crippen molar-refractivity contribution in [1.82, 2.24) is 0 Å². The number of para-hydroxylation sites is 1. The molecular formula is C13H22ClNO2. The standard InChI is InChI=1S/C13H21NO2.ClH/c1-4-16-11-8-6-5-7-10(11)12(14)13(2,3)9-15;/h5-8,12,15H,4,9,14H2,1-3H3;1H/t12-;/m0./s1. The molecule has 1 aromatic rings. The Balaban J connectivity index is 0.00000256. The Morgan fingerprint density at radius 1 is 1.35 bits per heavy atom. The van der Waals surface area contributed by atoms with Crippen LogP contribution in [0, 0.1) is 5.41 Å². The minimum atomic E-state index is -0.354. The quantitative estimate of drug-likeness (QED) is 0.854. The van der Waals surface area contributed by atoms with Gasteiger partial charge in [-0.15, -0.1) is 12.4 Å². The van der Waals surface area contributed by atoms with E-state index in [1.807, 2.05) is 45.0 Å². The van der Waals surface area contributed by atoms with Crippen molar-refractivity contribution in [1.29, 1.82) is 0 Å². The first-order valence-corrected chi connectivity index (χ1v) is 5.61. The second kappa shape index (κ2) is 6.84. The summed E-state index contributed by atoms with van der Waals surface area (Å²) in [6, 6.07) is 7.48. The number of rotatable bonds is 5. The first-order chi connectivity index (χ1) is 7.53. The Kier molecular flexibility index (Phi) is 6.53. The highest BCUT2D eigenvalue weighted by atomic mass is 35.5. The van der Waals surface area contributed by atoms with E-state index in [-0.39, 0.29) is 30.5 Å². The van der Waals surface area contributed by atoms with Gasteiger partial charge in [0.1, 0.15) is 5.75 Å². The average molecular weight is 260 g/mol. The summed E-state index contributed by atoms with van der Waals surface area (Å²) in [6.07, 6.45) is 0. The topological polar surface area (TPSA) is 55.5 Å². The molecule has 3 nitrogen and oxygen atoms in total. The highest BCUT2D eigenvalue weighted by Crippen LogP contribution is 2.35. The summed E-state index contributed by atoms with van der Waals surface area (Å²) in [6.45, 7) is 6.50. The molecule has 0 heterocycles. The van der Waals surface area contributed by atoms with E-state index in [9.17, 15) is 5.11 Å². The highest BCUT2D eigenvalue weighted by Gasteiger charge is 2.28. The van der Waals surface area contributed by atoms with Crippen molar-refractivity contribution in [3.05, 3.63) is 29.8 Å². The zero-order valence-corrected chi connectivity index (χ0v) is 11.5. The molecule has 17 heavy (non-hydrogen) atoms. The number of hydrogen-bond acceptors (Lipinski definition) is 3. The van der Waals surface area contributed by atoms with Crippen LogP contribution in [0.1, 0.15) is 32.4 Å². The van der Waals surface area contributed by atoms with Crippen LogP contribution in [0.15, 0.2) is 24.3 Å². The third kappa shape index (κ3) is 3.87. The molecule has 0 saturated carbocycles. The number of nitrogens with two attached hydrogens (primary N) is 1. The fourth-order valence-electron chi connectivity index (χ4n) is 1.54. The molecule has 0 amide bonds. The van der Waals surface area contributed by atoms with Gasteiger partial charge in [-0.05, 0) is 13.0 Å². The van der Waals surface area contributed by atoms with E-state index in [0.717, 1.165) is 11.3 Å². The smallest absolute Gasteiger partial charge is 0.124 e. The van der Waals surface area contributed by atoms with E-state index in [2.05, 4.69) is 0 Å². The van der Waals surface area contributed by atoms with Crippen LogP contribution in [0.4, 0.5) is 0 Å². The zero-order valence-electron chi connectivity index (χ0n) is 10.6. The molecule has 0 aliphatic heterocycles. The molecule has 3 N–H and O–H groups in total. The van der Waals surface area contributed by atoms with Crippen molar-refractivity contribution in [2.75, 3.05) is 13.2 Å². The van der Waals surface area contributed by atoms with Gasteiger partial charge in [0.25, 0.3) is 0 Å². The third-order valence-electron chi connectivity index (χ3n) is 2.80. The van der Waals surface area contributed by atoms with Crippen molar-refractivity contribution in [3.63, 3.8) is 0 Å². The van der Waals surface area contributed by atoms with E-state index >= 15 is 0 Å². The Labute approximate surface area is 109 Å². The average Bonchev–Trinajstić information content (AvgIpc) is 2.29. The summed E-state index contributed by atoms with van der Waals surface area (Å²) >= 11 is 0. The fraction of sp³-hybridized carbons (Fsp3) is 0.538. The third-order valence-corrected chi connectivity index (χ3v) is 2.80. The molecule has 98 valence electrons. The summed E-state index contributed by atoms with van der Waals surface area (Å²) in [4.78, 5) is 0. The van der Waals surface area contributed by atoms with Crippen molar-refractivity contribution < 1.29 is 9.84 Å². The van der Waals surface area contributed by atoms with Gasteiger partial charge in [-0.25, -0.2) is 0 Å². The molecule has 1 rings (SSSR count). The fourth-order valence-corrected chi connectivity index (χ4v) is 1.54. The first-order valence-electron chi connectivity index (χ1n) is 5.61. The van der Waals surface area contributed by atoms with Crippen LogP contribution in [-0.4, -0.2) is 18.3 Å². The second-order valence-corrected chi connectivity index (χ2v) is 4.60. The van der Waals surface area contributed by atoms with Crippen LogP contribution >= 0.6 is 12.4 Å². The Hall–Kier alpha value is -0.770. The lowest BCUT2D eigenvalue weighted by molar-refractivity contribution is 0.130. The van der Waals surface area contributed by atoms with Gasteiger partial charge >= 0.3 is 0 Å². The maximum Gasteiger partial charge on any atom is 0.124 e. The molecule has 1 atom stereocenters. The lowest BCUT2D eigenvalue weighted by atomic mass is 9.81. The summed E-state index contributed by atoms with van der Waals surface area (Å²) < 4.78 is 5.54. The van der Waals surface area contributed by atoms with Gasteiger partial charge in [-0.2, -0.15) is 0 Å². The van der Waals surface area contributed by atoms with E-state index in [1.54, 1.807) is 0 Å². The maximum atomic E-state index is 9.33. The summed E-state index contributed by atoms with van der Waals surface area (Å²) in [7, 11) is 0. The minimum absolute atomic E-state index is 0. The molecule has 0 saturated heterocycles. The molecule has 4 heteroatoms. The van der Waals surface area contributed by atoms with E-state index < -0.39 is 0 Å². The molecule has 1 aromatic carbocycles. The van der Waals surface area contributed by atoms with E-state index in [4.69, 9.17) is 10.5 Å². The van der Waals surface area contributed by atoms with E-state index in [0.29, 0.717) is 6.61 Å². The number of hydrogen-bond donors (Lipinski definition) is 2. The lowest BCUT2D eigenvalue weighted by Gasteiger charge is -2.30. The van der Waals surface area contributed by atoms with Gasteiger partial charge < -0.3 is 15.6 Å². The number of aliphatic hydroxyl groups is 1. The summed E-state index contributed by atoms with van der Waals surface area (Å²) in [5, 5.41) is 9.33. The number of ether oxygens (including phenoxy) is 1. The molecule has 0 spiro atoms. The van der Waals surface area contributed by atoms with Crippen LogP contribution in [0.5, 0.6) is 5.75 Å². The molecule has 0 aromatic heterocycles. The number of benzene rings is 1. The van der Waals surface area contributed by atoms with Crippen LogP contribution in [0.25, 0.3) is 0 Å². The normalized spacial score (nSPS) is 12.8. The number of aliphatic hydroxyl groups excluding tert-OH is 1. The Bertz CT molecular complexity index is 342. The predicted molar refractivity (Wildman–Crippen MR) is 72.7 cm³/mol. The van der Waals surface area contributed by atoms with Crippen LogP contribution in [0.2, 0.25) is 0 Å². The van der Waals surface area contributed by atoms with Crippen LogP contribution in [-0.2, 0) is 0 Å². The highest BCUT2D eigenvalue weighted by molar-refractivity contribution is 5.85. The first kappa shape index (κ1) is 16.2. The van der Waals surface area contributed by atoms with Crippen molar-refractivity contribution in [2.24, 2.45) is 11.1 Å². The Morgan fingerprint density at radius 3 is 2.47 bits per heavy atom. The van der Waals surface area contributed by atoms with E-state index in [1.165, 1.54) is 0 Å². The van der Waals surface area contributed by atoms with Gasteiger partial charge in [0, 0.05) is 23.6 Å². The SMILES string of the molecule is CCOc1ccccc1[C@H](N)C(C)(C)CO.Cl. The monoisotopic (exact) mass is 259 g/mol. The summed E-state index contributed by atoms with van der Waals surface area (Å²) in [5.74, 6) is 0.805. The molecule has 0 radical (unpaired) electrons. The molecule has 0 unspecified atom stereocenters. The molecule has 0 fully saturated rings. The predicted octanol–water partition coefficient (Wildman–Crippen LogP) is 2.53. The molecule has 0 aliphatic carbocycles. The van der Waals surface area contributed by atoms with Gasteiger partial charge in [0.2, 0.25) is 0 Å². The van der Waals surface area contributed by atoms with Crippen molar-refractivity contribution >= 4 is 12.4 Å². The molecular weight excluding hydrogens is 238 g/mol. The largest absolute Gasteiger partial charge is 0.494 e. The summed E-state index contributed by atoms with van der Waals surface area (Å²) in [5.41, 5.74) is 6.77. The lowest BCUT2D eigenvalue weighted by Crippen LogP contribution is -2.32. The second-order valence-electron chi connectivity index (χ2n) is 4.60. The van der Waals surface area contributed by atoms with Crippen LogP contribution in [0.3, 0.4) is 0 Å². The van der Waals surface area contributed by atoms with Crippen molar-refractivity contribution in [2.45, 2.75) is 26.8 Å². The van der Waals surface area contributed by atoms with Gasteiger partial charge in [-0.1, -0.05) is 32.0 Å². The van der Waals surface area contributed by atoms with Gasteiger partial charge in [-0.3, -0.25) is 0 Å². The van der Waals surface area contributed by atoms with Crippen molar-refractivity contribution in [3.8, 4) is 5.75 Å². The van der Waals surface area contributed by atoms with Crippen LogP contribution < -0.4 is 10.5 Å². The number of halogens is 1. The molecule has 0 bridgehead atoms. The minimum Gasteiger partial charge on any atom is -0.494 e. The zero-order chi connectivity index (χ0) is 12.2.